The van der Waals surface area contributed by atoms with Gasteiger partial charge < -0.3 is 10.1 Å². The van der Waals surface area contributed by atoms with Crippen LogP contribution < -0.4 is 10.1 Å². The number of ether oxygens (including phenoxy) is 1. The second kappa shape index (κ2) is 7.44. The van der Waals surface area contributed by atoms with Gasteiger partial charge in [-0.05, 0) is 19.8 Å². The van der Waals surface area contributed by atoms with Gasteiger partial charge in [-0.25, -0.2) is 4.98 Å². The molecule has 1 aromatic rings. The summed E-state index contributed by atoms with van der Waals surface area (Å²) in [6, 6.07) is 1.76. The van der Waals surface area contributed by atoms with E-state index < -0.39 is 0 Å². The lowest BCUT2D eigenvalue weighted by Gasteiger charge is -2.08. The first-order chi connectivity index (χ1) is 7.76. The predicted molar refractivity (Wildman–Crippen MR) is 69.3 cm³/mol. The Labute approximate surface area is 105 Å². The van der Waals surface area contributed by atoms with Crippen LogP contribution in [0.1, 0.15) is 26.7 Å². The minimum absolute atomic E-state index is 0.551. The van der Waals surface area contributed by atoms with Gasteiger partial charge in [-0.2, -0.15) is 4.98 Å². The van der Waals surface area contributed by atoms with E-state index in [4.69, 9.17) is 4.74 Å². The summed E-state index contributed by atoms with van der Waals surface area (Å²) >= 11 is 3.58. The van der Waals surface area contributed by atoms with Gasteiger partial charge in [0.2, 0.25) is 11.8 Å². The van der Waals surface area contributed by atoms with E-state index >= 15 is 0 Å². The zero-order valence-electron chi connectivity index (χ0n) is 9.74. The fraction of sp³-hybridized carbons (Fsp3) is 0.636. The van der Waals surface area contributed by atoms with E-state index in [1.807, 2.05) is 6.92 Å². The summed E-state index contributed by atoms with van der Waals surface area (Å²) < 4.78 is 5.29. The van der Waals surface area contributed by atoms with E-state index in [1.165, 1.54) is 0 Å². The zero-order valence-corrected chi connectivity index (χ0v) is 11.3. The summed E-state index contributed by atoms with van der Waals surface area (Å²) in [5, 5.41) is 3.18. The summed E-state index contributed by atoms with van der Waals surface area (Å²) in [5.41, 5.74) is 0. The number of nitrogens with one attached hydrogen (secondary N) is 1. The molecule has 1 aromatic heterocycles. The van der Waals surface area contributed by atoms with Crippen LogP contribution in [0.4, 0.5) is 5.95 Å². The molecule has 0 saturated heterocycles. The lowest BCUT2D eigenvalue weighted by atomic mass is 10.2. The number of aromatic nitrogens is 2. The molecule has 1 atom stereocenters. The quantitative estimate of drug-likeness (QED) is 0.784. The van der Waals surface area contributed by atoms with E-state index in [2.05, 4.69) is 38.1 Å². The SMILES string of the molecule is CCOc1ccnc(NCCC(Br)CC)n1. The molecule has 1 rings (SSSR count). The summed E-state index contributed by atoms with van der Waals surface area (Å²) in [5.74, 6) is 1.24. The van der Waals surface area contributed by atoms with Crippen LogP contribution in [0.3, 0.4) is 0 Å². The molecule has 0 aliphatic carbocycles. The van der Waals surface area contributed by atoms with Gasteiger partial charge in [-0.1, -0.05) is 22.9 Å². The molecule has 1 N–H and O–H groups in total. The Morgan fingerprint density at radius 3 is 3.00 bits per heavy atom. The summed E-state index contributed by atoms with van der Waals surface area (Å²) in [7, 11) is 0. The van der Waals surface area contributed by atoms with Crippen LogP contribution in [0.25, 0.3) is 0 Å². The lowest BCUT2D eigenvalue weighted by molar-refractivity contribution is 0.326. The Morgan fingerprint density at radius 2 is 2.31 bits per heavy atom. The van der Waals surface area contributed by atoms with Gasteiger partial charge in [-0.15, -0.1) is 0 Å². The number of hydrogen-bond acceptors (Lipinski definition) is 4. The second-order valence-electron chi connectivity index (χ2n) is 3.37. The van der Waals surface area contributed by atoms with Crippen LogP contribution in [-0.2, 0) is 0 Å². The Morgan fingerprint density at radius 1 is 1.50 bits per heavy atom. The van der Waals surface area contributed by atoms with Crippen LogP contribution in [0.15, 0.2) is 12.3 Å². The lowest BCUT2D eigenvalue weighted by Crippen LogP contribution is -2.10. The largest absolute Gasteiger partial charge is 0.478 e. The molecule has 5 heteroatoms. The van der Waals surface area contributed by atoms with Gasteiger partial charge in [0.05, 0.1) is 6.61 Å². The third-order valence-corrected chi connectivity index (χ3v) is 3.21. The molecule has 16 heavy (non-hydrogen) atoms. The molecule has 0 bridgehead atoms. The van der Waals surface area contributed by atoms with Gasteiger partial charge in [0.15, 0.2) is 0 Å². The van der Waals surface area contributed by atoms with E-state index in [1.54, 1.807) is 12.3 Å². The maximum Gasteiger partial charge on any atom is 0.225 e. The van der Waals surface area contributed by atoms with E-state index in [0.29, 0.717) is 23.3 Å². The summed E-state index contributed by atoms with van der Waals surface area (Å²) in [6.45, 7) is 5.58. The highest BCUT2D eigenvalue weighted by Gasteiger charge is 2.02. The highest BCUT2D eigenvalue weighted by atomic mass is 79.9. The fourth-order valence-corrected chi connectivity index (χ4v) is 1.43. The van der Waals surface area contributed by atoms with E-state index in [-0.39, 0.29) is 0 Å². The van der Waals surface area contributed by atoms with Crippen LogP contribution in [0.2, 0.25) is 0 Å². The molecule has 0 radical (unpaired) electrons. The van der Waals surface area contributed by atoms with Crippen molar-refractivity contribution in [3.8, 4) is 5.88 Å². The highest BCUT2D eigenvalue weighted by Crippen LogP contribution is 2.11. The predicted octanol–water partition coefficient (Wildman–Crippen LogP) is 2.85. The van der Waals surface area contributed by atoms with Gasteiger partial charge >= 0.3 is 0 Å². The number of hydrogen-bond donors (Lipinski definition) is 1. The number of rotatable bonds is 7. The Kier molecular flexibility index (Phi) is 6.15. The average Bonchev–Trinajstić information content (AvgIpc) is 2.30. The van der Waals surface area contributed by atoms with Crippen LogP contribution in [0, 0.1) is 0 Å². The zero-order chi connectivity index (χ0) is 11.8. The van der Waals surface area contributed by atoms with Gasteiger partial charge in [0, 0.05) is 23.6 Å². The van der Waals surface area contributed by atoms with Crippen molar-refractivity contribution in [3.05, 3.63) is 12.3 Å². The first kappa shape index (κ1) is 13.2. The molecule has 1 unspecified atom stereocenters. The summed E-state index contributed by atoms with van der Waals surface area (Å²) in [6.07, 6.45) is 3.88. The number of halogens is 1. The van der Waals surface area contributed by atoms with E-state index in [0.717, 1.165) is 19.4 Å². The molecular formula is C11H18BrN3O. The molecule has 90 valence electrons. The highest BCUT2D eigenvalue weighted by molar-refractivity contribution is 9.09. The Balaban J connectivity index is 2.38. The molecule has 0 aromatic carbocycles. The first-order valence-electron chi connectivity index (χ1n) is 5.60. The van der Waals surface area contributed by atoms with Crippen molar-refractivity contribution in [1.29, 1.82) is 0 Å². The van der Waals surface area contributed by atoms with Crippen LogP contribution in [0.5, 0.6) is 5.88 Å². The molecule has 0 aliphatic rings. The van der Waals surface area contributed by atoms with Gasteiger partial charge in [0.25, 0.3) is 0 Å². The molecule has 0 amide bonds. The molecule has 1 heterocycles. The monoisotopic (exact) mass is 287 g/mol. The third kappa shape index (κ3) is 4.79. The first-order valence-corrected chi connectivity index (χ1v) is 6.51. The normalized spacial score (nSPS) is 12.2. The van der Waals surface area contributed by atoms with Gasteiger partial charge in [0.1, 0.15) is 0 Å². The molecular weight excluding hydrogens is 270 g/mol. The van der Waals surface area contributed by atoms with Crippen molar-refractivity contribution in [3.63, 3.8) is 0 Å². The fourth-order valence-electron chi connectivity index (χ4n) is 1.20. The van der Waals surface area contributed by atoms with Crippen molar-refractivity contribution in [1.82, 2.24) is 9.97 Å². The second-order valence-corrected chi connectivity index (χ2v) is 4.67. The van der Waals surface area contributed by atoms with Crippen LogP contribution in [-0.4, -0.2) is 27.9 Å². The van der Waals surface area contributed by atoms with Crippen molar-refractivity contribution < 1.29 is 4.74 Å². The summed E-state index contributed by atoms with van der Waals surface area (Å²) in [4.78, 5) is 8.90. The number of anilines is 1. The molecule has 0 fully saturated rings. The van der Waals surface area contributed by atoms with Gasteiger partial charge in [-0.3, -0.25) is 0 Å². The average molecular weight is 288 g/mol. The molecule has 0 saturated carbocycles. The smallest absolute Gasteiger partial charge is 0.225 e. The molecule has 0 spiro atoms. The maximum absolute atomic E-state index is 5.29. The standard InChI is InChI=1S/C11H18BrN3O/c1-3-9(12)5-7-13-11-14-8-6-10(15-11)16-4-2/h6,8-9H,3-5,7H2,1-2H3,(H,13,14,15). The minimum Gasteiger partial charge on any atom is -0.478 e. The molecule has 0 aliphatic heterocycles. The van der Waals surface area contributed by atoms with Crippen LogP contribution >= 0.6 is 15.9 Å². The maximum atomic E-state index is 5.29. The number of nitrogens with zero attached hydrogens (tertiary/aromatic N) is 2. The van der Waals surface area contributed by atoms with Crippen molar-refractivity contribution in [2.24, 2.45) is 0 Å². The third-order valence-electron chi connectivity index (χ3n) is 2.11. The van der Waals surface area contributed by atoms with Crippen molar-refractivity contribution in [2.45, 2.75) is 31.5 Å². The topological polar surface area (TPSA) is 47.0 Å². The van der Waals surface area contributed by atoms with Crippen molar-refractivity contribution in [2.75, 3.05) is 18.5 Å². The Bertz CT molecular complexity index is 309. The van der Waals surface area contributed by atoms with Crippen molar-refractivity contribution >= 4 is 21.9 Å². The number of alkyl halides is 1. The van der Waals surface area contributed by atoms with E-state index in [9.17, 15) is 0 Å². The molecule has 4 nitrogen and oxygen atoms in total. The Hall–Kier alpha value is -0.840. The minimum atomic E-state index is 0.551.